The Balaban J connectivity index is 2.32. The van der Waals surface area contributed by atoms with Crippen LogP contribution in [0.3, 0.4) is 0 Å². The van der Waals surface area contributed by atoms with Gasteiger partial charge in [0.1, 0.15) is 0 Å². The van der Waals surface area contributed by atoms with Gasteiger partial charge < -0.3 is 4.90 Å². The van der Waals surface area contributed by atoms with Crippen LogP contribution in [0.25, 0.3) is 0 Å². The Labute approximate surface area is 104 Å². The molecule has 0 N–H and O–H groups in total. The lowest BCUT2D eigenvalue weighted by Crippen LogP contribution is -2.44. The number of hydrogen-bond acceptors (Lipinski definition) is 2. The van der Waals surface area contributed by atoms with E-state index in [1.807, 2.05) is 13.8 Å². The molecule has 2 unspecified atom stereocenters. The molecule has 0 radical (unpaired) electrons. The number of hydrogen-bond donors (Lipinski definition) is 0. The molecule has 1 aromatic carbocycles. The molecule has 0 amide bonds. The van der Waals surface area contributed by atoms with Crippen LogP contribution in [-0.4, -0.2) is 18.4 Å². The lowest BCUT2D eigenvalue weighted by Gasteiger charge is -2.38. The van der Waals surface area contributed by atoms with Crippen molar-refractivity contribution in [2.45, 2.75) is 39.7 Å². The molecular weight excluding hydrogens is 210 g/mol. The molecule has 0 saturated carbocycles. The van der Waals surface area contributed by atoms with Crippen LogP contribution < -0.4 is 4.90 Å². The highest BCUT2D eigenvalue weighted by molar-refractivity contribution is 5.87. The van der Waals surface area contributed by atoms with Crippen molar-refractivity contribution in [1.29, 1.82) is 0 Å². The third-order valence-corrected chi connectivity index (χ3v) is 3.66. The Bertz CT molecular complexity index is 413. The van der Waals surface area contributed by atoms with Gasteiger partial charge in [-0.2, -0.15) is 0 Å². The predicted molar refractivity (Wildman–Crippen MR) is 71.4 cm³/mol. The second-order valence-electron chi connectivity index (χ2n) is 5.09. The van der Waals surface area contributed by atoms with Crippen molar-refractivity contribution in [1.82, 2.24) is 0 Å². The fourth-order valence-corrected chi connectivity index (χ4v) is 2.67. The van der Waals surface area contributed by atoms with Crippen molar-refractivity contribution in [3.05, 3.63) is 29.8 Å². The van der Waals surface area contributed by atoms with Crippen LogP contribution in [0.15, 0.2) is 24.3 Å². The fraction of sp³-hybridized carbons (Fsp3) is 0.533. The van der Waals surface area contributed by atoms with E-state index in [1.54, 1.807) is 0 Å². The first-order valence-electron chi connectivity index (χ1n) is 6.50. The molecule has 0 fully saturated rings. The molecule has 1 aromatic rings. The molecule has 2 rings (SSSR count). The van der Waals surface area contributed by atoms with Crippen molar-refractivity contribution in [2.75, 3.05) is 11.4 Å². The molecule has 2 heteroatoms. The second-order valence-corrected chi connectivity index (χ2v) is 5.09. The van der Waals surface area contributed by atoms with Gasteiger partial charge in [-0.1, -0.05) is 32.0 Å². The van der Waals surface area contributed by atoms with E-state index in [-0.39, 0.29) is 6.04 Å². The monoisotopic (exact) mass is 231 g/mol. The van der Waals surface area contributed by atoms with Gasteiger partial charge in [0.05, 0.1) is 6.04 Å². The summed E-state index contributed by atoms with van der Waals surface area (Å²) in [6, 6.07) is 8.47. The van der Waals surface area contributed by atoms with E-state index in [2.05, 4.69) is 36.1 Å². The lowest BCUT2D eigenvalue weighted by molar-refractivity contribution is -0.119. The number of Topliss-reactive ketones (excluding diaryl/α,β-unsaturated/α-hetero) is 1. The molecule has 92 valence electrons. The summed E-state index contributed by atoms with van der Waals surface area (Å²) in [5.41, 5.74) is 2.63. The average molecular weight is 231 g/mol. The number of anilines is 1. The largest absolute Gasteiger partial charge is 0.361 e. The van der Waals surface area contributed by atoms with Gasteiger partial charge >= 0.3 is 0 Å². The summed E-state index contributed by atoms with van der Waals surface area (Å²) in [7, 11) is 0. The molecule has 1 aliphatic heterocycles. The molecule has 0 bridgehead atoms. The molecular formula is C15H21NO. The van der Waals surface area contributed by atoms with Crippen molar-refractivity contribution < 1.29 is 4.79 Å². The summed E-state index contributed by atoms with van der Waals surface area (Å²) >= 11 is 0. The van der Waals surface area contributed by atoms with E-state index in [0.717, 1.165) is 13.0 Å². The third kappa shape index (κ3) is 2.36. The average Bonchev–Trinajstić information content (AvgIpc) is 2.35. The number of carbonyl (C=O) groups excluding carboxylic acids is 1. The maximum atomic E-state index is 11.9. The summed E-state index contributed by atoms with van der Waals surface area (Å²) in [4.78, 5) is 14.2. The maximum Gasteiger partial charge on any atom is 0.154 e. The number of para-hydroxylation sites is 1. The number of ketones is 1. The maximum absolute atomic E-state index is 11.9. The molecule has 0 saturated heterocycles. The van der Waals surface area contributed by atoms with Crippen LogP contribution in [0.1, 0.15) is 32.8 Å². The summed E-state index contributed by atoms with van der Waals surface area (Å²) in [5.74, 6) is 0.950. The van der Waals surface area contributed by atoms with E-state index in [9.17, 15) is 4.79 Å². The summed E-state index contributed by atoms with van der Waals surface area (Å²) in [5, 5.41) is 0. The number of fused-ring (bicyclic) bond motifs is 1. The molecule has 2 nitrogen and oxygen atoms in total. The first-order valence-corrected chi connectivity index (χ1v) is 6.50. The molecule has 0 spiro atoms. The molecule has 17 heavy (non-hydrogen) atoms. The van der Waals surface area contributed by atoms with Crippen molar-refractivity contribution >= 4 is 11.5 Å². The number of rotatable bonds is 3. The molecule has 1 heterocycles. The van der Waals surface area contributed by atoms with Crippen LogP contribution in [0.4, 0.5) is 5.69 Å². The van der Waals surface area contributed by atoms with E-state index in [0.29, 0.717) is 18.1 Å². The zero-order chi connectivity index (χ0) is 12.4. The van der Waals surface area contributed by atoms with Crippen molar-refractivity contribution in [3.63, 3.8) is 0 Å². The SMILES string of the molecule is CCC(=O)C(C)N1CC(C)Cc2ccccc21. The minimum Gasteiger partial charge on any atom is -0.361 e. The van der Waals surface area contributed by atoms with Crippen LogP contribution in [0.2, 0.25) is 0 Å². The van der Waals surface area contributed by atoms with Gasteiger partial charge in [0.2, 0.25) is 0 Å². The zero-order valence-corrected chi connectivity index (χ0v) is 10.9. The zero-order valence-electron chi connectivity index (χ0n) is 10.9. The van der Waals surface area contributed by atoms with E-state index in [1.165, 1.54) is 11.3 Å². The normalized spacial score (nSPS) is 20.9. The highest BCUT2D eigenvalue weighted by Gasteiger charge is 2.27. The van der Waals surface area contributed by atoms with Gasteiger partial charge in [0, 0.05) is 18.7 Å². The van der Waals surface area contributed by atoms with E-state index in [4.69, 9.17) is 0 Å². The highest BCUT2D eigenvalue weighted by Crippen LogP contribution is 2.31. The van der Waals surface area contributed by atoms with E-state index >= 15 is 0 Å². The Hall–Kier alpha value is -1.31. The van der Waals surface area contributed by atoms with Crippen LogP contribution in [0, 0.1) is 5.92 Å². The smallest absolute Gasteiger partial charge is 0.154 e. The van der Waals surface area contributed by atoms with Gasteiger partial charge in [0.25, 0.3) is 0 Å². The number of benzene rings is 1. The van der Waals surface area contributed by atoms with Crippen LogP contribution in [-0.2, 0) is 11.2 Å². The third-order valence-electron chi connectivity index (χ3n) is 3.66. The van der Waals surface area contributed by atoms with Gasteiger partial charge in [-0.3, -0.25) is 4.79 Å². The number of nitrogens with zero attached hydrogens (tertiary/aromatic N) is 1. The quantitative estimate of drug-likeness (QED) is 0.797. The first-order chi connectivity index (χ1) is 8.13. The van der Waals surface area contributed by atoms with Gasteiger partial charge in [-0.15, -0.1) is 0 Å². The van der Waals surface area contributed by atoms with Crippen LogP contribution in [0.5, 0.6) is 0 Å². The molecule has 2 atom stereocenters. The van der Waals surface area contributed by atoms with Gasteiger partial charge in [-0.25, -0.2) is 0 Å². The van der Waals surface area contributed by atoms with Gasteiger partial charge in [0.15, 0.2) is 5.78 Å². The standard InChI is InChI=1S/C15H21NO/c1-4-15(17)12(3)16-10-11(2)9-13-7-5-6-8-14(13)16/h5-8,11-12H,4,9-10H2,1-3H3. The molecule has 1 aliphatic rings. The van der Waals surface area contributed by atoms with Crippen molar-refractivity contribution in [2.24, 2.45) is 5.92 Å². The minimum atomic E-state index is 0.00361. The Kier molecular flexibility index (Phi) is 3.51. The van der Waals surface area contributed by atoms with E-state index < -0.39 is 0 Å². The first kappa shape index (κ1) is 12.2. The Morgan fingerprint density at radius 2 is 2.18 bits per heavy atom. The molecule has 0 aromatic heterocycles. The summed E-state index contributed by atoms with van der Waals surface area (Å²) < 4.78 is 0. The second kappa shape index (κ2) is 4.91. The lowest BCUT2D eigenvalue weighted by atomic mass is 9.92. The topological polar surface area (TPSA) is 20.3 Å². The fourth-order valence-electron chi connectivity index (χ4n) is 2.67. The van der Waals surface area contributed by atoms with Gasteiger partial charge in [-0.05, 0) is 30.9 Å². The highest BCUT2D eigenvalue weighted by atomic mass is 16.1. The predicted octanol–water partition coefficient (Wildman–Crippen LogP) is 3.05. The minimum absolute atomic E-state index is 0.00361. The van der Waals surface area contributed by atoms with Crippen LogP contribution >= 0.6 is 0 Å². The number of carbonyl (C=O) groups is 1. The summed E-state index contributed by atoms with van der Waals surface area (Å²) in [6.45, 7) is 7.22. The Morgan fingerprint density at radius 1 is 1.47 bits per heavy atom. The van der Waals surface area contributed by atoms with Crippen molar-refractivity contribution in [3.8, 4) is 0 Å². The Morgan fingerprint density at radius 3 is 2.88 bits per heavy atom. The molecule has 0 aliphatic carbocycles. The summed E-state index contributed by atoms with van der Waals surface area (Å²) in [6.07, 6.45) is 1.74.